The van der Waals surface area contributed by atoms with E-state index in [1.54, 1.807) is 0 Å². The van der Waals surface area contributed by atoms with Crippen LogP contribution in [0.15, 0.2) is 30.3 Å². The van der Waals surface area contributed by atoms with Crippen LogP contribution in [0.5, 0.6) is 0 Å². The van der Waals surface area contributed by atoms with Crippen LogP contribution in [-0.4, -0.2) is 34.4 Å². The normalized spacial score (nSPS) is 38.4. The lowest BCUT2D eigenvalue weighted by molar-refractivity contribution is -0.148. The minimum atomic E-state index is -0.600. The summed E-state index contributed by atoms with van der Waals surface area (Å²) in [5.74, 6) is 1.76. The standard InChI is InChI=1S/C22H31NO3/c1-21(2,13-24)23-19(25)12-22(16-6-4-3-5-7-16)17-8-14-9-18(22)11-15(10-17)20(14)26/h3-7,14-15,17-18,20,24,26H,8-13H2,1-2H3,(H,23,25). The molecule has 0 atom stereocenters. The van der Waals surface area contributed by atoms with Crippen molar-refractivity contribution >= 4 is 5.91 Å². The third-order valence-electron chi connectivity index (χ3n) is 7.41. The first-order valence-electron chi connectivity index (χ1n) is 10.0. The molecular weight excluding hydrogens is 326 g/mol. The van der Waals surface area contributed by atoms with Crippen molar-refractivity contribution in [2.45, 2.75) is 63.0 Å². The van der Waals surface area contributed by atoms with E-state index in [2.05, 4.69) is 29.6 Å². The lowest BCUT2D eigenvalue weighted by atomic mass is 9.42. The van der Waals surface area contributed by atoms with Gasteiger partial charge < -0.3 is 15.5 Å². The van der Waals surface area contributed by atoms with Crippen LogP contribution < -0.4 is 5.32 Å². The van der Waals surface area contributed by atoms with Gasteiger partial charge in [-0.1, -0.05) is 30.3 Å². The second-order valence-corrected chi connectivity index (χ2v) is 9.52. The molecule has 4 bridgehead atoms. The van der Waals surface area contributed by atoms with Crippen molar-refractivity contribution in [1.29, 1.82) is 0 Å². The first-order chi connectivity index (χ1) is 12.4. The number of hydrogen-bond donors (Lipinski definition) is 3. The average molecular weight is 357 g/mol. The third-order valence-corrected chi connectivity index (χ3v) is 7.41. The van der Waals surface area contributed by atoms with E-state index in [-0.39, 0.29) is 24.0 Å². The Hall–Kier alpha value is -1.39. The Morgan fingerprint density at radius 1 is 1.12 bits per heavy atom. The molecule has 4 fully saturated rings. The molecule has 142 valence electrons. The highest BCUT2D eigenvalue weighted by atomic mass is 16.3. The molecule has 0 heterocycles. The van der Waals surface area contributed by atoms with Crippen molar-refractivity contribution < 1.29 is 15.0 Å². The molecule has 4 heteroatoms. The molecule has 5 rings (SSSR count). The summed E-state index contributed by atoms with van der Waals surface area (Å²) in [5.41, 5.74) is 0.543. The van der Waals surface area contributed by atoms with E-state index in [4.69, 9.17) is 0 Å². The minimum absolute atomic E-state index is 0.0286. The van der Waals surface area contributed by atoms with E-state index < -0.39 is 5.54 Å². The predicted molar refractivity (Wildman–Crippen MR) is 100 cm³/mol. The average Bonchev–Trinajstić information content (AvgIpc) is 2.60. The van der Waals surface area contributed by atoms with Gasteiger partial charge in [0.25, 0.3) is 0 Å². The summed E-state index contributed by atoms with van der Waals surface area (Å²) in [5, 5.41) is 23.1. The van der Waals surface area contributed by atoms with Crippen LogP contribution in [-0.2, 0) is 10.2 Å². The fraction of sp³-hybridized carbons (Fsp3) is 0.682. The highest BCUT2D eigenvalue weighted by molar-refractivity contribution is 5.78. The molecule has 0 aromatic heterocycles. The first kappa shape index (κ1) is 18.0. The SMILES string of the molecule is CC(C)(CO)NC(=O)CC1(c2ccccc2)C2CC3CC1CC(C2)C3O. The summed E-state index contributed by atoms with van der Waals surface area (Å²) >= 11 is 0. The molecule has 0 radical (unpaired) electrons. The van der Waals surface area contributed by atoms with Gasteiger partial charge >= 0.3 is 0 Å². The number of carbonyl (C=O) groups excluding carboxylic acids is 1. The summed E-state index contributed by atoms with van der Waals surface area (Å²) in [6, 6.07) is 10.6. The Labute approximate surface area is 156 Å². The van der Waals surface area contributed by atoms with Gasteiger partial charge in [0.15, 0.2) is 0 Å². The maximum atomic E-state index is 13.0. The molecule has 4 saturated carbocycles. The van der Waals surface area contributed by atoms with Gasteiger partial charge in [0.05, 0.1) is 18.2 Å². The van der Waals surface area contributed by atoms with Crippen LogP contribution in [0, 0.1) is 23.7 Å². The Morgan fingerprint density at radius 3 is 2.15 bits per heavy atom. The van der Waals surface area contributed by atoms with Gasteiger partial charge in [-0.15, -0.1) is 0 Å². The van der Waals surface area contributed by atoms with Crippen molar-refractivity contribution in [3.63, 3.8) is 0 Å². The largest absolute Gasteiger partial charge is 0.394 e. The molecule has 1 aromatic rings. The van der Waals surface area contributed by atoms with Gasteiger partial charge in [-0.05, 0) is 68.8 Å². The predicted octanol–water partition coefficient (Wildman–Crippen LogP) is 2.63. The van der Waals surface area contributed by atoms with E-state index in [9.17, 15) is 15.0 Å². The Kier molecular flexibility index (Phi) is 4.39. The van der Waals surface area contributed by atoms with E-state index in [0.717, 1.165) is 25.7 Å². The van der Waals surface area contributed by atoms with Crippen LogP contribution in [0.4, 0.5) is 0 Å². The van der Waals surface area contributed by atoms with Crippen LogP contribution >= 0.6 is 0 Å². The topological polar surface area (TPSA) is 69.6 Å². The Bertz CT molecular complexity index is 639. The van der Waals surface area contributed by atoms with Gasteiger partial charge in [-0.3, -0.25) is 4.79 Å². The number of aliphatic hydroxyl groups excluding tert-OH is 2. The number of nitrogens with one attached hydrogen (secondary N) is 1. The van der Waals surface area contributed by atoms with Gasteiger partial charge in [0, 0.05) is 11.8 Å². The molecule has 0 saturated heterocycles. The minimum Gasteiger partial charge on any atom is -0.394 e. The van der Waals surface area contributed by atoms with E-state index in [1.807, 2.05) is 19.9 Å². The van der Waals surface area contributed by atoms with E-state index in [1.165, 1.54) is 5.56 Å². The van der Waals surface area contributed by atoms with Crippen LogP contribution in [0.1, 0.15) is 51.5 Å². The second-order valence-electron chi connectivity index (χ2n) is 9.52. The molecule has 3 N–H and O–H groups in total. The lowest BCUT2D eigenvalue weighted by Crippen LogP contribution is -2.61. The Balaban J connectivity index is 1.68. The molecule has 4 aliphatic rings. The summed E-state index contributed by atoms with van der Waals surface area (Å²) < 4.78 is 0. The molecule has 1 amide bonds. The van der Waals surface area contributed by atoms with Crippen molar-refractivity contribution in [3.8, 4) is 0 Å². The molecular formula is C22H31NO3. The van der Waals surface area contributed by atoms with Crippen LogP contribution in [0.25, 0.3) is 0 Å². The third kappa shape index (κ3) is 2.78. The van der Waals surface area contributed by atoms with Crippen molar-refractivity contribution in [2.75, 3.05) is 6.61 Å². The molecule has 4 nitrogen and oxygen atoms in total. The zero-order valence-electron chi connectivity index (χ0n) is 15.8. The smallest absolute Gasteiger partial charge is 0.221 e. The van der Waals surface area contributed by atoms with Gasteiger partial charge in [0.2, 0.25) is 5.91 Å². The van der Waals surface area contributed by atoms with Gasteiger partial charge in [-0.25, -0.2) is 0 Å². The molecule has 0 aliphatic heterocycles. The first-order valence-corrected chi connectivity index (χ1v) is 10.0. The summed E-state index contributed by atoms with van der Waals surface area (Å²) in [6.45, 7) is 3.64. The van der Waals surface area contributed by atoms with Crippen molar-refractivity contribution in [3.05, 3.63) is 35.9 Å². The van der Waals surface area contributed by atoms with Gasteiger partial charge in [-0.2, -0.15) is 0 Å². The number of benzene rings is 1. The number of carbonyl (C=O) groups is 1. The highest BCUT2D eigenvalue weighted by Gasteiger charge is 2.61. The lowest BCUT2D eigenvalue weighted by Gasteiger charge is -2.63. The van der Waals surface area contributed by atoms with Crippen LogP contribution in [0.2, 0.25) is 0 Å². The van der Waals surface area contributed by atoms with Crippen molar-refractivity contribution in [2.24, 2.45) is 23.7 Å². The van der Waals surface area contributed by atoms with Crippen molar-refractivity contribution in [1.82, 2.24) is 5.32 Å². The van der Waals surface area contributed by atoms with E-state index in [0.29, 0.717) is 30.1 Å². The maximum Gasteiger partial charge on any atom is 0.221 e. The Morgan fingerprint density at radius 2 is 1.65 bits per heavy atom. The molecule has 0 spiro atoms. The zero-order chi connectivity index (χ0) is 18.5. The number of hydrogen-bond acceptors (Lipinski definition) is 3. The fourth-order valence-corrected chi connectivity index (χ4v) is 6.30. The number of aliphatic hydroxyl groups is 2. The molecule has 4 aliphatic carbocycles. The monoisotopic (exact) mass is 357 g/mol. The zero-order valence-corrected chi connectivity index (χ0v) is 15.8. The quantitative estimate of drug-likeness (QED) is 0.759. The maximum absolute atomic E-state index is 13.0. The van der Waals surface area contributed by atoms with E-state index >= 15 is 0 Å². The molecule has 1 aromatic carbocycles. The number of rotatable bonds is 5. The summed E-state index contributed by atoms with van der Waals surface area (Å²) in [6.07, 6.45) is 4.45. The van der Waals surface area contributed by atoms with Gasteiger partial charge in [0.1, 0.15) is 0 Å². The fourth-order valence-electron chi connectivity index (χ4n) is 6.30. The highest BCUT2D eigenvalue weighted by Crippen LogP contribution is 2.64. The molecule has 26 heavy (non-hydrogen) atoms. The summed E-state index contributed by atoms with van der Waals surface area (Å²) in [4.78, 5) is 13.0. The van der Waals surface area contributed by atoms with Crippen LogP contribution in [0.3, 0.4) is 0 Å². The number of amides is 1. The molecule has 0 unspecified atom stereocenters. The second kappa shape index (κ2) is 6.35. The summed E-state index contributed by atoms with van der Waals surface area (Å²) in [7, 11) is 0.